The number of fused-ring (bicyclic) bond motifs is 1. The molecule has 1 amide bonds. The van der Waals surface area contributed by atoms with Gasteiger partial charge in [-0.3, -0.25) is 9.89 Å². The number of carbonyl (C=O) groups is 1. The fourth-order valence-corrected chi connectivity index (χ4v) is 4.58. The van der Waals surface area contributed by atoms with Crippen molar-refractivity contribution >= 4 is 16.8 Å². The Balaban J connectivity index is 1.71. The summed E-state index contributed by atoms with van der Waals surface area (Å²) in [6.45, 7) is 5.19. The van der Waals surface area contributed by atoms with Gasteiger partial charge in [-0.1, -0.05) is 24.3 Å². The molecule has 188 valence electrons. The minimum Gasteiger partial charge on any atom is -0.493 e. The predicted octanol–water partition coefficient (Wildman–Crippen LogP) is 5.84. The fourth-order valence-electron chi connectivity index (χ4n) is 4.58. The van der Waals surface area contributed by atoms with Gasteiger partial charge >= 0.3 is 0 Å². The first-order valence-corrected chi connectivity index (χ1v) is 12.2. The molecule has 6 nitrogen and oxygen atoms in total. The van der Waals surface area contributed by atoms with E-state index in [4.69, 9.17) is 4.74 Å². The van der Waals surface area contributed by atoms with E-state index in [1.54, 1.807) is 23.1 Å². The van der Waals surface area contributed by atoms with E-state index in [0.717, 1.165) is 40.6 Å². The van der Waals surface area contributed by atoms with Crippen molar-refractivity contribution in [1.82, 2.24) is 20.0 Å². The molecule has 7 heteroatoms. The van der Waals surface area contributed by atoms with Crippen LogP contribution in [0.15, 0.2) is 60.8 Å². The molecular weight excluding hydrogens is 455 g/mol. The van der Waals surface area contributed by atoms with Gasteiger partial charge in [-0.05, 0) is 82.4 Å². The number of hydrogen-bond acceptors (Lipinski definition) is 4. The highest BCUT2D eigenvalue weighted by atomic mass is 19.1. The Morgan fingerprint density at radius 3 is 2.64 bits per heavy atom. The van der Waals surface area contributed by atoms with Crippen molar-refractivity contribution in [2.45, 2.75) is 26.3 Å². The van der Waals surface area contributed by atoms with Gasteiger partial charge in [-0.15, -0.1) is 0 Å². The average Bonchev–Trinajstić information content (AvgIpc) is 3.36. The van der Waals surface area contributed by atoms with Crippen LogP contribution in [0, 0.1) is 12.7 Å². The molecule has 4 aromatic rings. The molecule has 0 saturated heterocycles. The average molecular weight is 489 g/mol. The first kappa shape index (κ1) is 25.4. The summed E-state index contributed by atoms with van der Waals surface area (Å²) < 4.78 is 19.7. The van der Waals surface area contributed by atoms with Crippen LogP contribution in [0.5, 0.6) is 5.75 Å². The number of carbonyl (C=O) groups excluding carboxylic acids is 1. The van der Waals surface area contributed by atoms with Gasteiger partial charge in [0.2, 0.25) is 0 Å². The van der Waals surface area contributed by atoms with Crippen molar-refractivity contribution < 1.29 is 13.9 Å². The Morgan fingerprint density at radius 1 is 1.11 bits per heavy atom. The Labute approximate surface area is 211 Å². The molecule has 0 aliphatic carbocycles. The summed E-state index contributed by atoms with van der Waals surface area (Å²) in [6.07, 6.45) is 2.59. The molecule has 1 aromatic heterocycles. The number of nitrogens with one attached hydrogen (secondary N) is 1. The molecule has 0 unspecified atom stereocenters. The van der Waals surface area contributed by atoms with E-state index in [-0.39, 0.29) is 17.8 Å². The van der Waals surface area contributed by atoms with Crippen LogP contribution in [0.4, 0.5) is 4.39 Å². The molecule has 1 heterocycles. The standard InChI is InChI=1S/C29H33FN4O2/c1-6-36-27-17-21(11-13-23(27)20-8-7-9-22(30)16-20)29(35)34(5)26(14-15-33(3)4)24-12-10-19(2)25-18-31-32-28(24)25/h7-13,16-18,26H,6,14-15H2,1-5H3,(H,31,32)/t26-/m1/s1. The number of ether oxygens (including phenoxy) is 1. The van der Waals surface area contributed by atoms with Crippen LogP contribution in [0.3, 0.4) is 0 Å². The molecule has 1 atom stereocenters. The highest BCUT2D eigenvalue weighted by Gasteiger charge is 2.26. The van der Waals surface area contributed by atoms with E-state index < -0.39 is 0 Å². The summed E-state index contributed by atoms with van der Waals surface area (Å²) in [4.78, 5) is 17.7. The molecule has 0 aliphatic rings. The highest BCUT2D eigenvalue weighted by molar-refractivity contribution is 5.96. The largest absolute Gasteiger partial charge is 0.493 e. The lowest BCUT2D eigenvalue weighted by molar-refractivity contribution is 0.0716. The van der Waals surface area contributed by atoms with Crippen LogP contribution in [-0.2, 0) is 0 Å². The van der Waals surface area contributed by atoms with Crippen molar-refractivity contribution in [2.75, 3.05) is 34.3 Å². The van der Waals surface area contributed by atoms with Crippen molar-refractivity contribution in [1.29, 1.82) is 0 Å². The third-order valence-electron chi connectivity index (χ3n) is 6.53. The Bertz CT molecular complexity index is 1360. The highest BCUT2D eigenvalue weighted by Crippen LogP contribution is 2.34. The molecule has 4 rings (SSSR count). The van der Waals surface area contributed by atoms with Gasteiger partial charge in [0.15, 0.2) is 0 Å². The van der Waals surface area contributed by atoms with Gasteiger partial charge < -0.3 is 14.5 Å². The van der Waals surface area contributed by atoms with Gasteiger partial charge in [0.25, 0.3) is 5.91 Å². The van der Waals surface area contributed by atoms with E-state index in [2.05, 4.69) is 34.2 Å². The van der Waals surface area contributed by atoms with Gasteiger partial charge in [0.1, 0.15) is 11.6 Å². The lowest BCUT2D eigenvalue weighted by Gasteiger charge is -2.30. The molecule has 0 aliphatic heterocycles. The maximum atomic E-state index is 13.9. The molecular formula is C29H33FN4O2. The minimum atomic E-state index is -0.318. The van der Waals surface area contributed by atoms with Crippen molar-refractivity contribution in [2.24, 2.45) is 0 Å². The zero-order valence-corrected chi connectivity index (χ0v) is 21.5. The van der Waals surface area contributed by atoms with Crippen molar-refractivity contribution in [3.05, 3.63) is 83.3 Å². The molecule has 0 spiro atoms. The topological polar surface area (TPSA) is 61.5 Å². The van der Waals surface area contributed by atoms with Gasteiger partial charge in [0.05, 0.1) is 24.4 Å². The van der Waals surface area contributed by atoms with Crippen molar-refractivity contribution in [3.8, 4) is 16.9 Å². The van der Waals surface area contributed by atoms with Crippen LogP contribution in [-0.4, -0.2) is 60.2 Å². The summed E-state index contributed by atoms with van der Waals surface area (Å²) in [7, 11) is 5.89. The lowest BCUT2D eigenvalue weighted by atomic mass is 9.96. The number of aryl methyl sites for hydroxylation is 1. The number of aromatic amines is 1. The van der Waals surface area contributed by atoms with Crippen LogP contribution < -0.4 is 4.74 Å². The monoisotopic (exact) mass is 488 g/mol. The van der Waals surface area contributed by atoms with E-state index in [9.17, 15) is 9.18 Å². The molecule has 0 bridgehead atoms. The third-order valence-corrected chi connectivity index (χ3v) is 6.53. The second-order valence-electron chi connectivity index (χ2n) is 9.31. The molecule has 0 fully saturated rings. The molecule has 1 N–H and O–H groups in total. The van der Waals surface area contributed by atoms with Gasteiger partial charge in [-0.25, -0.2) is 4.39 Å². The Kier molecular flexibility index (Phi) is 7.70. The van der Waals surface area contributed by atoms with Crippen LogP contribution in [0.25, 0.3) is 22.0 Å². The number of aromatic nitrogens is 2. The fraction of sp³-hybridized carbons (Fsp3) is 0.310. The Hall–Kier alpha value is -3.71. The summed E-state index contributed by atoms with van der Waals surface area (Å²) in [6, 6.07) is 15.7. The molecule has 0 radical (unpaired) electrons. The lowest BCUT2D eigenvalue weighted by Crippen LogP contribution is -2.33. The van der Waals surface area contributed by atoms with E-state index in [0.29, 0.717) is 23.5 Å². The predicted molar refractivity (Wildman–Crippen MR) is 142 cm³/mol. The SMILES string of the molecule is CCOc1cc(C(=O)N(C)[C@H](CCN(C)C)c2ccc(C)c3cn[nH]c23)ccc1-c1cccc(F)c1. The van der Waals surface area contributed by atoms with E-state index >= 15 is 0 Å². The number of H-pyrrole nitrogens is 1. The maximum Gasteiger partial charge on any atom is 0.254 e. The molecule has 3 aromatic carbocycles. The smallest absolute Gasteiger partial charge is 0.254 e. The summed E-state index contributed by atoms with van der Waals surface area (Å²) >= 11 is 0. The minimum absolute atomic E-state index is 0.112. The van der Waals surface area contributed by atoms with Crippen molar-refractivity contribution in [3.63, 3.8) is 0 Å². The quantitative estimate of drug-likeness (QED) is 0.321. The van der Waals surface area contributed by atoms with Gasteiger partial charge in [-0.2, -0.15) is 5.10 Å². The summed E-state index contributed by atoms with van der Waals surface area (Å²) in [5, 5.41) is 8.45. The molecule has 36 heavy (non-hydrogen) atoms. The third kappa shape index (κ3) is 5.26. The summed E-state index contributed by atoms with van der Waals surface area (Å²) in [5.74, 6) is 0.124. The second kappa shape index (κ2) is 10.9. The van der Waals surface area contributed by atoms with E-state index in [1.807, 2.05) is 46.4 Å². The number of benzene rings is 3. The first-order valence-electron chi connectivity index (χ1n) is 12.2. The maximum absolute atomic E-state index is 13.9. The zero-order chi connectivity index (χ0) is 25.8. The Morgan fingerprint density at radius 2 is 1.92 bits per heavy atom. The number of nitrogens with zero attached hydrogens (tertiary/aromatic N) is 3. The summed E-state index contributed by atoms with van der Waals surface area (Å²) in [5.41, 5.74) is 5.09. The second-order valence-corrected chi connectivity index (χ2v) is 9.31. The van der Waals surface area contributed by atoms with Crippen LogP contribution in [0.2, 0.25) is 0 Å². The first-order chi connectivity index (χ1) is 17.3. The van der Waals surface area contributed by atoms with E-state index in [1.165, 1.54) is 12.1 Å². The number of amides is 1. The number of rotatable bonds is 9. The van der Waals surface area contributed by atoms with Crippen LogP contribution in [0.1, 0.15) is 40.9 Å². The number of halogens is 1. The zero-order valence-electron chi connectivity index (χ0n) is 21.5. The number of hydrogen-bond donors (Lipinski definition) is 1. The van der Waals surface area contributed by atoms with Gasteiger partial charge in [0, 0.05) is 29.1 Å². The molecule has 0 saturated carbocycles. The van der Waals surface area contributed by atoms with Crippen LogP contribution >= 0.6 is 0 Å². The normalized spacial score (nSPS) is 12.2.